The van der Waals surface area contributed by atoms with Gasteiger partial charge in [0, 0.05) is 51.0 Å². The Hall–Kier alpha value is -2.13. The van der Waals surface area contributed by atoms with E-state index in [4.69, 9.17) is 10.00 Å². The van der Waals surface area contributed by atoms with Crippen LogP contribution in [-0.2, 0) is 9.53 Å². The molecular weight excluding hydrogens is 364 g/mol. The summed E-state index contributed by atoms with van der Waals surface area (Å²) in [6.45, 7) is 4.33. The molecule has 0 unspecified atom stereocenters. The van der Waals surface area contributed by atoms with Gasteiger partial charge in [0.25, 0.3) is 0 Å². The number of aromatic nitrogens is 1. The number of carbonyl (C=O) groups excluding carboxylic acids is 1. The molecule has 1 atom stereocenters. The first-order valence-corrected chi connectivity index (χ1v) is 11.3. The van der Waals surface area contributed by atoms with Gasteiger partial charge in [-0.2, -0.15) is 5.26 Å². The maximum absolute atomic E-state index is 13.3. The summed E-state index contributed by atoms with van der Waals surface area (Å²) in [4.78, 5) is 22.4. The van der Waals surface area contributed by atoms with Crippen molar-refractivity contribution in [1.29, 1.82) is 5.26 Å². The van der Waals surface area contributed by atoms with Crippen LogP contribution in [0.2, 0.25) is 0 Å². The lowest BCUT2D eigenvalue weighted by Gasteiger charge is -2.42. The monoisotopic (exact) mass is 396 g/mol. The van der Waals surface area contributed by atoms with Crippen LogP contribution in [0.1, 0.15) is 56.9 Å². The SMILES string of the molecule is N#Cc1ccc(N2CCC([C@H]3CCCCCN3C(=O)C3CCOCC3)CC2)nc1. The number of nitrogens with zero attached hydrogens (tertiary/aromatic N) is 4. The molecule has 0 N–H and O–H groups in total. The van der Waals surface area contributed by atoms with Crippen LogP contribution >= 0.6 is 0 Å². The molecule has 1 aromatic rings. The summed E-state index contributed by atoms with van der Waals surface area (Å²) >= 11 is 0. The van der Waals surface area contributed by atoms with Crippen molar-refractivity contribution >= 4 is 11.7 Å². The van der Waals surface area contributed by atoms with E-state index < -0.39 is 0 Å². The highest BCUT2D eigenvalue weighted by Gasteiger charge is 2.36. The Balaban J connectivity index is 1.40. The van der Waals surface area contributed by atoms with Gasteiger partial charge in [-0.15, -0.1) is 0 Å². The number of hydrogen-bond donors (Lipinski definition) is 0. The Labute approximate surface area is 173 Å². The fourth-order valence-corrected chi connectivity index (χ4v) is 5.23. The van der Waals surface area contributed by atoms with Crippen molar-refractivity contribution in [3.8, 4) is 6.07 Å². The molecule has 4 rings (SSSR count). The Bertz CT molecular complexity index is 715. The number of piperidine rings is 1. The van der Waals surface area contributed by atoms with E-state index in [0.29, 0.717) is 23.4 Å². The summed E-state index contributed by atoms with van der Waals surface area (Å²) in [7, 11) is 0. The molecule has 0 bridgehead atoms. The van der Waals surface area contributed by atoms with Gasteiger partial charge in [0.1, 0.15) is 11.9 Å². The molecule has 1 aromatic heterocycles. The van der Waals surface area contributed by atoms with Gasteiger partial charge < -0.3 is 14.5 Å². The zero-order valence-electron chi connectivity index (χ0n) is 17.3. The Kier molecular flexibility index (Phi) is 6.66. The van der Waals surface area contributed by atoms with E-state index in [-0.39, 0.29) is 5.92 Å². The van der Waals surface area contributed by atoms with E-state index in [2.05, 4.69) is 20.9 Å². The van der Waals surface area contributed by atoms with E-state index >= 15 is 0 Å². The summed E-state index contributed by atoms with van der Waals surface area (Å²) in [5.41, 5.74) is 0.601. The van der Waals surface area contributed by atoms with Crippen LogP contribution < -0.4 is 4.90 Å². The van der Waals surface area contributed by atoms with Crippen LogP contribution in [0.3, 0.4) is 0 Å². The normalized spacial score (nSPS) is 24.7. The number of hydrogen-bond acceptors (Lipinski definition) is 5. The number of carbonyl (C=O) groups is 1. The van der Waals surface area contributed by atoms with Crippen LogP contribution in [0, 0.1) is 23.2 Å². The summed E-state index contributed by atoms with van der Waals surface area (Å²) in [5.74, 6) is 2.08. The molecule has 3 saturated heterocycles. The predicted octanol–water partition coefficient (Wildman–Crippen LogP) is 3.37. The van der Waals surface area contributed by atoms with Gasteiger partial charge in [-0.05, 0) is 56.6 Å². The molecule has 1 amide bonds. The van der Waals surface area contributed by atoms with Crippen molar-refractivity contribution < 1.29 is 9.53 Å². The van der Waals surface area contributed by atoms with Crippen molar-refractivity contribution in [3.63, 3.8) is 0 Å². The molecular formula is C23H32N4O2. The quantitative estimate of drug-likeness (QED) is 0.783. The number of ether oxygens (including phenoxy) is 1. The molecule has 3 fully saturated rings. The zero-order chi connectivity index (χ0) is 20.1. The van der Waals surface area contributed by atoms with Crippen LogP contribution in [0.4, 0.5) is 5.82 Å². The predicted molar refractivity (Wildman–Crippen MR) is 111 cm³/mol. The van der Waals surface area contributed by atoms with E-state index in [1.165, 1.54) is 12.8 Å². The maximum atomic E-state index is 13.3. The summed E-state index contributed by atoms with van der Waals surface area (Å²) in [5, 5.41) is 8.96. The molecule has 29 heavy (non-hydrogen) atoms. The Morgan fingerprint density at radius 2 is 1.83 bits per heavy atom. The lowest BCUT2D eigenvalue weighted by atomic mass is 9.85. The van der Waals surface area contributed by atoms with Gasteiger partial charge in [-0.3, -0.25) is 4.79 Å². The number of anilines is 1. The third kappa shape index (κ3) is 4.72. The molecule has 3 aliphatic rings. The van der Waals surface area contributed by atoms with E-state index in [9.17, 15) is 4.79 Å². The molecule has 0 aromatic carbocycles. The lowest BCUT2D eigenvalue weighted by Crippen LogP contribution is -2.50. The number of amides is 1. The smallest absolute Gasteiger partial charge is 0.226 e. The summed E-state index contributed by atoms with van der Waals surface area (Å²) in [6, 6.07) is 6.31. The minimum atomic E-state index is 0.160. The summed E-state index contributed by atoms with van der Waals surface area (Å²) < 4.78 is 5.47. The average molecular weight is 397 g/mol. The van der Waals surface area contributed by atoms with Crippen molar-refractivity contribution in [1.82, 2.24) is 9.88 Å². The van der Waals surface area contributed by atoms with Crippen LogP contribution in [-0.4, -0.2) is 54.7 Å². The van der Waals surface area contributed by atoms with Crippen LogP contribution in [0.5, 0.6) is 0 Å². The number of rotatable bonds is 3. The standard InChI is InChI=1S/C23H32N4O2/c24-16-18-5-6-22(25-17-18)26-12-7-19(8-13-26)21-4-2-1-3-11-27(21)23(28)20-9-14-29-15-10-20/h5-6,17,19-21H,1-4,7-15H2/t21-/m1/s1. The van der Waals surface area contributed by atoms with Gasteiger partial charge in [0.15, 0.2) is 0 Å². The second kappa shape index (κ2) is 9.58. The van der Waals surface area contributed by atoms with Gasteiger partial charge in [-0.25, -0.2) is 4.98 Å². The summed E-state index contributed by atoms with van der Waals surface area (Å²) in [6.07, 6.45) is 10.4. The van der Waals surface area contributed by atoms with Crippen molar-refractivity contribution in [2.24, 2.45) is 11.8 Å². The Morgan fingerprint density at radius 3 is 2.52 bits per heavy atom. The van der Waals surface area contributed by atoms with Gasteiger partial charge in [0.2, 0.25) is 5.91 Å². The van der Waals surface area contributed by atoms with Gasteiger partial charge >= 0.3 is 0 Å². The Morgan fingerprint density at radius 1 is 1.03 bits per heavy atom. The van der Waals surface area contributed by atoms with Crippen molar-refractivity contribution in [2.75, 3.05) is 37.7 Å². The number of pyridine rings is 1. The molecule has 4 heterocycles. The highest BCUT2D eigenvalue weighted by molar-refractivity contribution is 5.79. The molecule has 6 nitrogen and oxygen atoms in total. The van der Waals surface area contributed by atoms with Gasteiger partial charge in [-0.1, -0.05) is 12.8 Å². The van der Waals surface area contributed by atoms with E-state index in [0.717, 1.165) is 77.2 Å². The highest BCUT2D eigenvalue weighted by atomic mass is 16.5. The lowest BCUT2D eigenvalue weighted by molar-refractivity contribution is -0.142. The molecule has 0 saturated carbocycles. The first-order chi connectivity index (χ1) is 14.3. The largest absolute Gasteiger partial charge is 0.381 e. The number of likely N-dealkylation sites (tertiary alicyclic amines) is 1. The molecule has 3 aliphatic heterocycles. The maximum Gasteiger partial charge on any atom is 0.226 e. The fourth-order valence-electron chi connectivity index (χ4n) is 5.23. The van der Waals surface area contributed by atoms with Crippen molar-refractivity contribution in [2.45, 2.75) is 57.4 Å². The fraction of sp³-hybridized carbons (Fsp3) is 0.696. The zero-order valence-corrected chi connectivity index (χ0v) is 17.3. The number of nitriles is 1. The second-order valence-electron chi connectivity index (χ2n) is 8.68. The highest BCUT2D eigenvalue weighted by Crippen LogP contribution is 2.33. The van der Waals surface area contributed by atoms with Crippen LogP contribution in [0.25, 0.3) is 0 Å². The van der Waals surface area contributed by atoms with E-state index in [1.807, 2.05) is 12.1 Å². The second-order valence-corrected chi connectivity index (χ2v) is 8.68. The third-order valence-corrected chi connectivity index (χ3v) is 6.94. The van der Waals surface area contributed by atoms with Crippen LogP contribution in [0.15, 0.2) is 18.3 Å². The minimum absolute atomic E-state index is 0.160. The first kappa shape index (κ1) is 20.2. The molecule has 6 heteroatoms. The first-order valence-electron chi connectivity index (χ1n) is 11.3. The molecule has 0 spiro atoms. The molecule has 156 valence electrons. The minimum Gasteiger partial charge on any atom is -0.381 e. The third-order valence-electron chi connectivity index (χ3n) is 6.94. The molecule has 0 radical (unpaired) electrons. The van der Waals surface area contributed by atoms with E-state index in [1.54, 1.807) is 6.20 Å². The van der Waals surface area contributed by atoms with Gasteiger partial charge in [0.05, 0.1) is 5.56 Å². The average Bonchev–Trinajstić information content (AvgIpc) is 3.05. The molecule has 0 aliphatic carbocycles. The van der Waals surface area contributed by atoms with Crippen molar-refractivity contribution in [3.05, 3.63) is 23.9 Å². The topological polar surface area (TPSA) is 69.5 Å².